The maximum atomic E-state index is 11.2. The highest BCUT2D eigenvalue weighted by Gasteiger charge is 2.27. The maximum absolute atomic E-state index is 11.2. The van der Waals surface area contributed by atoms with Crippen molar-refractivity contribution < 1.29 is 4.79 Å². The molecule has 0 aliphatic heterocycles. The van der Waals surface area contributed by atoms with Gasteiger partial charge in [0, 0.05) is 17.0 Å². The van der Waals surface area contributed by atoms with Gasteiger partial charge in [0.05, 0.1) is 6.42 Å². The summed E-state index contributed by atoms with van der Waals surface area (Å²) in [6.45, 7) is 0. The first-order valence-corrected chi connectivity index (χ1v) is 8.31. The van der Waals surface area contributed by atoms with E-state index in [1.165, 1.54) is 16.7 Å². The van der Waals surface area contributed by atoms with Crippen molar-refractivity contribution in [3.63, 3.8) is 0 Å². The van der Waals surface area contributed by atoms with Gasteiger partial charge in [-0.2, -0.15) is 0 Å². The van der Waals surface area contributed by atoms with Gasteiger partial charge in [-0.3, -0.25) is 4.79 Å². The third kappa shape index (κ3) is 3.74. The van der Waals surface area contributed by atoms with Crippen LogP contribution in [-0.2, 0) is 24.1 Å². The average Bonchev–Trinajstić information content (AvgIpc) is 2.50. The van der Waals surface area contributed by atoms with Gasteiger partial charge in [-0.25, -0.2) is 0 Å². The molecule has 2 aromatic rings. The first-order valence-electron chi connectivity index (χ1n) is 7.93. The SMILES string of the molecule is NC(=O)Cc1ccc2c(c1)C(Cc1cccc(Cl)c1)C(N)CC2. The van der Waals surface area contributed by atoms with Gasteiger partial charge in [0.2, 0.25) is 5.91 Å². The summed E-state index contributed by atoms with van der Waals surface area (Å²) in [6, 6.07) is 14.3. The topological polar surface area (TPSA) is 69.1 Å². The molecular weight excluding hydrogens is 308 g/mol. The lowest BCUT2D eigenvalue weighted by molar-refractivity contribution is -0.117. The molecule has 3 nitrogen and oxygen atoms in total. The fourth-order valence-corrected chi connectivity index (χ4v) is 3.67. The minimum absolute atomic E-state index is 0.116. The van der Waals surface area contributed by atoms with Crippen LogP contribution in [0.3, 0.4) is 0 Å². The van der Waals surface area contributed by atoms with Crippen molar-refractivity contribution in [1.82, 2.24) is 0 Å². The van der Waals surface area contributed by atoms with Gasteiger partial charge >= 0.3 is 0 Å². The number of carbonyl (C=O) groups is 1. The number of nitrogens with two attached hydrogens (primary N) is 2. The zero-order valence-corrected chi connectivity index (χ0v) is 13.7. The number of hydrogen-bond donors (Lipinski definition) is 2. The molecule has 0 radical (unpaired) electrons. The van der Waals surface area contributed by atoms with Crippen LogP contribution in [0.5, 0.6) is 0 Å². The molecule has 0 aromatic heterocycles. The van der Waals surface area contributed by atoms with E-state index in [-0.39, 0.29) is 24.3 Å². The van der Waals surface area contributed by atoms with Gasteiger partial charge in [-0.05, 0) is 53.6 Å². The second-order valence-electron chi connectivity index (χ2n) is 6.32. The Kier molecular flexibility index (Phi) is 4.69. The van der Waals surface area contributed by atoms with Crippen LogP contribution >= 0.6 is 11.6 Å². The molecule has 2 unspecified atom stereocenters. The zero-order chi connectivity index (χ0) is 16.4. The lowest BCUT2D eigenvalue weighted by atomic mass is 9.76. The number of aryl methyl sites for hydroxylation is 1. The van der Waals surface area contributed by atoms with Crippen LogP contribution in [0.15, 0.2) is 42.5 Å². The first kappa shape index (κ1) is 16.0. The molecule has 1 aliphatic carbocycles. The fraction of sp³-hybridized carbons (Fsp3) is 0.316. The largest absolute Gasteiger partial charge is 0.369 e. The normalized spacial score (nSPS) is 20.1. The number of halogens is 1. The Labute approximate surface area is 141 Å². The molecular formula is C19H21ClN2O. The van der Waals surface area contributed by atoms with Crippen molar-refractivity contribution in [1.29, 1.82) is 0 Å². The van der Waals surface area contributed by atoms with Crippen LogP contribution in [0, 0.1) is 0 Å². The van der Waals surface area contributed by atoms with E-state index in [9.17, 15) is 4.79 Å². The van der Waals surface area contributed by atoms with Gasteiger partial charge in [0.15, 0.2) is 0 Å². The van der Waals surface area contributed by atoms with Crippen LogP contribution in [0.25, 0.3) is 0 Å². The molecule has 0 bridgehead atoms. The second-order valence-corrected chi connectivity index (χ2v) is 6.76. The molecule has 0 heterocycles. The minimum Gasteiger partial charge on any atom is -0.369 e. The van der Waals surface area contributed by atoms with Crippen LogP contribution < -0.4 is 11.5 Å². The molecule has 3 rings (SSSR count). The average molecular weight is 329 g/mol. The second kappa shape index (κ2) is 6.73. The Hall–Kier alpha value is -1.84. The number of rotatable bonds is 4. The molecule has 0 fully saturated rings. The van der Waals surface area contributed by atoms with E-state index in [2.05, 4.69) is 18.2 Å². The van der Waals surface area contributed by atoms with E-state index in [4.69, 9.17) is 23.1 Å². The smallest absolute Gasteiger partial charge is 0.221 e. The van der Waals surface area contributed by atoms with Crippen LogP contribution in [0.2, 0.25) is 5.02 Å². The van der Waals surface area contributed by atoms with Crippen LogP contribution in [0.1, 0.15) is 34.6 Å². The molecule has 1 amide bonds. The molecule has 0 saturated heterocycles. The highest BCUT2D eigenvalue weighted by molar-refractivity contribution is 6.30. The van der Waals surface area contributed by atoms with Gasteiger partial charge in [-0.1, -0.05) is 41.9 Å². The maximum Gasteiger partial charge on any atom is 0.221 e. The Morgan fingerprint density at radius 2 is 2.00 bits per heavy atom. The Bertz CT molecular complexity index is 729. The van der Waals surface area contributed by atoms with E-state index < -0.39 is 0 Å². The van der Waals surface area contributed by atoms with E-state index in [1.807, 2.05) is 24.3 Å². The number of primary amides is 1. The quantitative estimate of drug-likeness (QED) is 0.906. The molecule has 4 N–H and O–H groups in total. The van der Waals surface area contributed by atoms with Crippen LogP contribution in [-0.4, -0.2) is 11.9 Å². The lowest BCUT2D eigenvalue weighted by Gasteiger charge is -2.32. The standard InChI is InChI=1S/C19H21ClN2O/c20-15-3-1-2-12(8-15)10-17-16-9-13(11-19(22)23)4-5-14(16)6-7-18(17)21/h1-5,8-9,17-18H,6-7,10-11,21H2,(H2,22,23). The van der Waals surface area contributed by atoms with Crippen molar-refractivity contribution in [2.75, 3.05) is 0 Å². The number of benzene rings is 2. The molecule has 23 heavy (non-hydrogen) atoms. The summed E-state index contributed by atoms with van der Waals surface area (Å²) in [4.78, 5) is 11.2. The van der Waals surface area contributed by atoms with Crippen molar-refractivity contribution in [2.24, 2.45) is 11.5 Å². The monoisotopic (exact) mass is 328 g/mol. The first-order chi connectivity index (χ1) is 11.0. The highest BCUT2D eigenvalue weighted by atomic mass is 35.5. The third-order valence-electron chi connectivity index (χ3n) is 4.60. The summed E-state index contributed by atoms with van der Waals surface area (Å²) < 4.78 is 0. The molecule has 2 atom stereocenters. The predicted octanol–water partition coefficient (Wildman–Crippen LogP) is 2.97. The third-order valence-corrected chi connectivity index (χ3v) is 4.83. The van der Waals surface area contributed by atoms with Crippen molar-refractivity contribution in [3.05, 3.63) is 69.7 Å². The molecule has 2 aromatic carbocycles. The van der Waals surface area contributed by atoms with E-state index in [0.717, 1.165) is 29.8 Å². The van der Waals surface area contributed by atoms with Gasteiger partial charge in [-0.15, -0.1) is 0 Å². The Morgan fingerprint density at radius 1 is 1.17 bits per heavy atom. The summed E-state index contributed by atoms with van der Waals surface area (Å²) in [7, 11) is 0. The van der Waals surface area contributed by atoms with Gasteiger partial charge in [0.25, 0.3) is 0 Å². The predicted molar refractivity (Wildman–Crippen MR) is 93.5 cm³/mol. The van der Waals surface area contributed by atoms with E-state index in [0.29, 0.717) is 0 Å². The Balaban J connectivity index is 1.93. The molecule has 1 aliphatic rings. The van der Waals surface area contributed by atoms with E-state index >= 15 is 0 Å². The van der Waals surface area contributed by atoms with Crippen molar-refractivity contribution in [2.45, 2.75) is 37.6 Å². The van der Waals surface area contributed by atoms with Crippen molar-refractivity contribution in [3.8, 4) is 0 Å². The number of amides is 1. The van der Waals surface area contributed by atoms with Gasteiger partial charge < -0.3 is 11.5 Å². The number of fused-ring (bicyclic) bond motifs is 1. The van der Waals surface area contributed by atoms with Gasteiger partial charge in [0.1, 0.15) is 0 Å². The highest BCUT2D eigenvalue weighted by Crippen LogP contribution is 2.34. The zero-order valence-electron chi connectivity index (χ0n) is 13.0. The molecule has 0 saturated carbocycles. The van der Waals surface area contributed by atoms with Crippen LogP contribution in [0.4, 0.5) is 0 Å². The summed E-state index contributed by atoms with van der Waals surface area (Å²) in [5.74, 6) is -0.0681. The van der Waals surface area contributed by atoms with E-state index in [1.54, 1.807) is 0 Å². The lowest BCUT2D eigenvalue weighted by Crippen LogP contribution is -2.34. The fourth-order valence-electron chi connectivity index (χ4n) is 3.46. The summed E-state index contributed by atoms with van der Waals surface area (Å²) in [6.07, 6.45) is 3.09. The summed E-state index contributed by atoms with van der Waals surface area (Å²) in [5.41, 5.74) is 16.5. The summed E-state index contributed by atoms with van der Waals surface area (Å²) >= 11 is 6.10. The van der Waals surface area contributed by atoms with Crippen molar-refractivity contribution >= 4 is 17.5 Å². The number of hydrogen-bond acceptors (Lipinski definition) is 2. The molecule has 0 spiro atoms. The summed E-state index contributed by atoms with van der Waals surface area (Å²) in [5, 5.41) is 0.745. The molecule has 4 heteroatoms. The minimum atomic E-state index is -0.309. The molecule has 120 valence electrons. The number of carbonyl (C=O) groups excluding carboxylic acids is 1. The Morgan fingerprint density at radius 3 is 2.74 bits per heavy atom.